The Morgan fingerprint density at radius 2 is 1.22 bits per heavy atom. The van der Waals surface area contributed by atoms with Crippen LogP contribution in [0.4, 0.5) is 0 Å². The van der Waals surface area contributed by atoms with E-state index in [4.69, 9.17) is 17.2 Å². The van der Waals surface area contributed by atoms with Gasteiger partial charge in [-0.1, -0.05) is 49.3 Å². The molecule has 0 bridgehead atoms. The third-order valence-corrected chi connectivity index (χ3v) is 13.6. The molecule has 0 aromatic carbocycles. The van der Waals surface area contributed by atoms with E-state index in [2.05, 4.69) is 36.9 Å². The molecule has 3 rings (SSSR count). The summed E-state index contributed by atoms with van der Waals surface area (Å²) < 4.78 is 0. The van der Waals surface area contributed by atoms with Crippen molar-refractivity contribution in [2.24, 2.45) is 34.0 Å². The maximum absolute atomic E-state index is 14.2. The number of nitrogens with one attached hydrogen (secondary N) is 6. The second kappa shape index (κ2) is 27.4. The molecular formula is C41H68N12O12S2. The number of fused-ring (bicyclic) bond motifs is 2. The highest BCUT2D eigenvalue weighted by Gasteiger charge is 2.42. The molecule has 26 heteroatoms. The zero-order valence-corrected chi connectivity index (χ0v) is 40.1. The van der Waals surface area contributed by atoms with Crippen LogP contribution in [0, 0.1) is 11.8 Å². The van der Waals surface area contributed by atoms with Gasteiger partial charge in [0.15, 0.2) is 5.96 Å². The van der Waals surface area contributed by atoms with Gasteiger partial charge in [0.05, 0.1) is 12.6 Å². The highest BCUT2D eigenvalue weighted by Crippen LogP contribution is 2.25. The number of nitrogens with two attached hydrogens (primary N) is 3. The Morgan fingerprint density at radius 1 is 0.687 bits per heavy atom. The molecule has 3 aliphatic heterocycles. The number of carbonyl (C=O) groups excluding carboxylic acids is 8. The van der Waals surface area contributed by atoms with Crippen LogP contribution in [0.15, 0.2) is 4.99 Å². The second-order valence-corrected chi connectivity index (χ2v) is 20.2. The quantitative estimate of drug-likeness (QED) is 0.0411. The lowest BCUT2D eigenvalue weighted by molar-refractivity contribution is -0.144. The summed E-state index contributed by atoms with van der Waals surface area (Å²) in [5.41, 5.74) is 17.2. The molecule has 24 nitrogen and oxygen atoms in total. The number of guanidine groups is 1. The van der Waals surface area contributed by atoms with E-state index in [0.29, 0.717) is 12.8 Å². The minimum atomic E-state index is -1.48. The van der Waals surface area contributed by atoms with Crippen molar-refractivity contribution in [2.45, 2.75) is 140 Å². The molecule has 3 heterocycles. The lowest BCUT2D eigenvalue weighted by Gasteiger charge is -2.31. The van der Waals surface area contributed by atoms with Crippen LogP contribution in [0.3, 0.4) is 0 Å². The van der Waals surface area contributed by atoms with Crippen molar-refractivity contribution in [2.75, 3.05) is 37.7 Å². The van der Waals surface area contributed by atoms with Crippen LogP contribution in [0.25, 0.3) is 0 Å². The predicted octanol–water partition coefficient (Wildman–Crippen LogP) is -2.67. The standard InChI is InChI=1S/C41H68N12O12S2/c1-21(2)16-26-35(59)51-28(40(64)65)20-67-66-19-23(42)33(57)50-27(17-22(3)4)39(63)53-15-7-10-30(53)37(61)48-24(8-5-13-45-41(43)44)34(58)49-25(11-12-32(55)56)38(62)52-14-6-9-29(52)36(60)46-18-31(54)47-26/h21-30H,5-20,42H2,1-4H3,(H,46,60)(H,47,54)(H,48,61)(H,49,58)(H,50,57)(H,51,59)(H,55,56)(H,64,65)(H4,43,44,45)/t23-,24-,25-,26-,27-,28-,29-,30-/m0/s1. The van der Waals surface area contributed by atoms with Crippen LogP contribution in [0.1, 0.15) is 91.9 Å². The average Bonchev–Trinajstić information content (AvgIpc) is 3.95. The first-order valence-corrected chi connectivity index (χ1v) is 25.0. The summed E-state index contributed by atoms with van der Waals surface area (Å²) >= 11 is 0. The number of aliphatic imine (C=N–C) groups is 1. The molecule has 376 valence electrons. The average molecular weight is 985 g/mol. The van der Waals surface area contributed by atoms with Crippen LogP contribution >= 0.6 is 21.6 Å². The van der Waals surface area contributed by atoms with Gasteiger partial charge in [0, 0.05) is 37.6 Å². The monoisotopic (exact) mass is 984 g/mol. The number of nitrogens with zero attached hydrogens (tertiary/aromatic N) is 3. The van der Waals surface area contributed by atoms with Crippen LogP contribution in [-0.4, -0.2) is 171 Å². The van der Waals surface area contributed by atoms with Crippen molar-refractivity contribution < 1.29 is 58.2 Å². The molecule has 0 aromatic rings. The minimum Gasteiger partial charge on any atom is -0.481 e. The van der Waals surface area contributed by atoms with Gasteiger partial charge in [-0.3, -0.25) is 48.1 Å². The van der Waals surface area contributed by atoms with E-state index in [1.807, 2.05) is 13.8 Å². The SMILES string of the molecule is CC(C)C[C@@H]1NC(=O)CNC(=O)[C@@H]2CCCN2C(=O)[C@H](CCC(=O)O)NC(=O)[C@H](CCCN=C(N)N)NC(=O)[C@@H]2CCCN2C(=O)[C@H](CC(C)C)NC(=O)[C@@H](N)CSSC[C@@H](C(=O)O)NC1=O. The van der Waals surface area contributed by atoms with E-state index in [-0.39, 0.29) is 87.5 Å². The highest BCUT2D eigenvalue weighted by atomic mass is 33.1. The maximum Gasteiger partial charge on any atom is 0.327 e. The number of hydrogen-bond acceptors (Lipinski definition) is 14. The van der Waals surface area contributed by atoms with Crippen molar-refractivity contribution in [3.8, 4) is 0 Å². The molecule has 8 amide bonds. The van der Waals surface area contributed by atoms with Crippen molar-refractivity contribution in [3.63, 3.8) is 0 Å². The Hall–Kier alpha value is -5.37. The van der Waals surface area contributed by atoms with Crippen LogP contribution in [0.5, 0.6) is 0 Å². The van der Waals surface area contributed by atoms with E-state index >= 15 is 0 Å². The lowest BCUT2D eigenvalue weighted by Crippen LogP contribution is -2.59. The number of rotatable bonds is 12. The number of aliphatic carboxylic acids is 2. The van der Waals surface area contributed by atoms with Crippen molar-refractivity contribution >= 4 is 86.7 Å². The first kappa shape index (κ1) is 56.0. The molecule has 0 aliphatic carbocycles. The van der Waals surface area contributed by atoms with Crippen molar-refractivity contribution in [1.29, 1.82) is 0 Å². The molecule has 3 saturated heterocycles. The van der Waals surface area contributed by atoms with Gasteiger partial charge in [-0.2, -0.15) is 0 Å². The van der Waals surface area contributed by atoms with Crippen LogP contribution < -0.4 is 49.1 Å². The van der Waals surface area contributed by atoms with Crippen molar-refractivity contribution in [1.82, 2.24) is 41.7 Å². The molecule has 0 radical (unpaired) electrons. The zero-order chi connectivity index (χ0) is 50.0. The molecule has 3 aliphatic rings. The van der Waals surface area contributed by atoms with E-state index in [9.17, 15) is 58.2 Å². The summed E-state index contributed by atoms with van der Waals surface area (Å²) in [6.07, 6.45) is 0.602. The van der Waals surface area contributed by atoms with Gasteiger partial charge in [0.2, 0.25) is 47.3 Å². The van der Waals surface area contributed by atoms with E-state index in [1.54, 1.807) is 13.8 Å². The number of amides is 8. The summed E-state index contributed by atoms with van der Waals surface area (Å²) in [6, 6.07) is -9.86. The fourth-order valence-electron chi connectivity index (χ4n) is 7.81. The van der Waals surface area contributed by atoms with Gasteiger partial charge in [0.25, 0.3) is 0 Å². The van der Waals surface area contributed by atoms with Gasteiger partial charge >= 0.3 is 11.9 Å². The summed E-state index contributed by atoms with van der Waals surface area (Å²) in [5.74, 6) is -9.11. The van der Waals surface area contributed by atoms with E-state index in [0.717, 1.165) is 21.6 Å². The Labute approximate surface area is 397 Å². The highest BCUT2D eigenvalue weighted by molar-refractivity contribution is 8.76. The molecule has 0 spiro atoms. The Morgan fingerprint density at radius 3 is 1.81 bits per heavy atom. The smallest absolute Gasteiger partial charge is 0.327 e. The predicted molar refractivity (Wildman–Crippen MR) is 248 cm³/mol. The van der Waals surface area contributed by atoms with Crippen molar-refractivity contribution in [3.05, 3.63) is 0 Å². The molecule has 3 fully saturated rings. The number of carbonyl (C=O) groups is 10. The van der Waals surface area contributed by atoms with Gasteiger partial charge in [0.1, 0.15) is 42.3 Å². The fourth-order valence-corrected chi connectivity index (χ4v) is 10.1. The number of carboxylic acids is 2. The number of hydrogen-bond donors (Lipinski definition) is 11. The summed E-state index contributed by atoms with van der Waals surface area (Å²) in [6.45, 7) is 6.91. The summed E-state index contributed by atoms with van der Waals surface area (Å²) in [4.78, 5) is 141. The van der Waals surface area contributed by atoms with E-state index < -0.39 is 127 Å². The minimum absolute atomic E-state index is 0.0140. The maximum atomic E-state index is 14.2. The fraction of sp³-hybridized carbons (Fsp3) is 0.732. The Bertz CT molecular complexity index is 1840. The van der Waals surface area contributed by atoms with Gasteiger partial charge in [-0.05, 0) is 69.6 Å². The molecular weight excluding hydrogens is 917 g/mol. The first-order chi connectivity index (χ1) is 31.6. The lowest BCUT2D eigenvalue weighted by atomic mass is 10.0. The largest absolute Gasteiger partial charge is 0.481 e. The van der Waals surface area contributed by atoms with Gasteiger partial charge in [-0.25, -0.2) is 4.79 Å². The molecule has 67 heavy (non-hydrogen) atoms. The van der Waals surface area contributed by atoms with E-state index in [1.165, 1.54) is 9.80 Å². The third-order valence-electron chi connectivity index (χ3n) is 11.1. The molecule has 14 N–H and O–H groups in total. The molecule has 8 atom stereocenters. The Balaban J connectivity index is 2.01. The topological polar surface area (TPSA) is 380 Å². The van der Waals surface area contributed by atoms with Gasteiger partial charge < -0.3 is 69.1 Å². The Kier molecular flexibility index (Phi) is 22.9. The molecule has 0 unspecified atom stereocenters. The van der Waals surface area contributed by atoms with Crippen LogP contribution in [0.2, 0.25) is 0 Å². The first-order valence-electron chi connectivity index (χ1n) is 22.5. The molecule has 0 aromatic heterocycles. The number of carboxylic acid groups (broad SMARTS) is 2. The second-order valence-electron chi connectivity index (χ2n) is 17.6. The van der Waals surface area contributed by atoms with Gasteiger partial charge in [-0.15, -0.1) is 0 Å². The normalized spacial score (nSPS) is 27.3. The summed E-state index contributed by atoms with van der Waals surface area (Å²) in [5, 5.41) is 35.0. The third kappa shape index (κ3) is 18.3. The van der Waals surface area contributed by atoms with Crippen LogP contribution in [-0.2, 0) is 47.9 Å². The molecule has 0 saturated carbocycles. The summed E-state index contributed by atoms with van der Waals surface area (Å²) in [7, 11) is 2.10. The zero-order valence-electron chi connectivity index (χ0n) is 38.5.